The Kier molecular flexibility index (Phi) is 5.52. The van der Waals surface area contributed by atoms with Gasteiger partial charge in [-0.1, -0.05) is 18.2 Å². The van der Waals surface area contributed by atoms with Crippen molar-refractivity contribution in [3.05, 3.63) is 71.3 Å². The van der Waals surface area contributed by atoms with Crippen LogP contribution in [0.3, 0.4) is 0 Å². The number of fused-ring (bicyclic) bond motifs is 1. The third kappa shape index (κ3) is 4.32. The van der Waals surface area contributed by atoms with Crippen LogP contribution in [0, 0.1) is 0 Å². The smallest absolute Gasteiger partial charge is 0.352 e. The van der Waals surface area contributed by atoms with E-state index in [2.05, 4.69) is 20.7 Å². The minimum absolute atomic E-state index is 0.178. The minimum atomic E-state index is -0.471. The lowest BCUT2D eigenvalue weighted by Gasteiger charge is -2.11. The van der Waals surface area contributed by atoms with Crippen LogP contribution in [0.2, 0.25) is 0 Å². The highest BCUT2D eigenvalue weighted by atomic mass is 16.5. The van der Waals surface area contributed by atoms with Crippen molar-refractivity contribution in [1.82, 2.24) is 19.2 Å². The van der Waals surface area contributed by atoms with Gasteiger partial charge in [-0.05, 0) is 30.3 Å². The molecule has 0 spiro atoms. The van der Waals surface area contributed by atoms with E-state index in [4.69, 9.17) is 9.47 Å². The van der Waals surface area contributed by atoms with Crippen molar-refractivity contribution in [1.29, 1.82) is 0 Å². The van der Waals surface area contributed by atoms with E-state index in [1.807, 2.05) is 30.3 Å². The molecule has 0 bridgehead atoms. The molecule has 0 aliphatic carbocycles. The number of rotatable bonds is 7. The summed E-state index contributed by atoms with van der Waals surface area (Å²) in [5, 5.41) is 10.0. The molecule has 10 nitrogen and oxygen atoms in total. The molecule has 0 fully saturated rings. The first-order valence-electron chi connectivity index (χ1n) is 9.37. The third-order valence-corrected chi connectivity index (χ3v) is 4.47. The first kappa shape index (κ1) is 20.0. The number of aromatic nitrogens is 4. The lowest BCUT2D eigenvalue weighted by atomic mass is 10.2. The zero-order valence-electron chi connectivity index (χ0n) is 16.9. The Morgan fingerprint density at radius 2 is 1.87 bits per heavy atom. The number of nitrogens with one attached hydrogen (secondary N) is 2. The molecule has 4 aromatic rings. The van der Waals surface area contributed by atoms with Gasteiger partial charge in [-0.2, -0.15) is 4.98 Å². The summed E-state index contributed by atoms with van der Waals surface area (Å²) in [6.07, 6.45) is 1.56. The van der Waals surface area contributed by atoms with Crippen molar-refractivity contribution >= 4 is 28.9 Å². The summed E-state index contributed by atoms with van der Waals surface area (Å²) in [5.74, 6) is 1.29. The second kappa shape index (κ2) is 8.57. The number of para-hydroxylation sites is 1. The lowest BCUT2D eigenvalue weighted by Crippen LogP contribution is -2.28. The van der Waals surface area contributed by atoms with Gasteiger partial charge in [0, 0.05) is 18.0 Å². The van der Waals surface area contributed by atoms with E-state index in [9.17, 15) is 9.59 Å². The number of anilines is 3. The highest BCUT2D eigenvalue weighted by molar-refractivity contribution is 5.92. The van der Waals surface area contributed by atoms with Crippen LogP contribution >= 0.6 is 0 Å². The average Bonchev–Trinajstić information content (AvgIpc) is 3.08. The number of benzene rings is 2. The van der Waals surface area contributed by atoms with Crippen LogP contribution in [-0.4, -0.2) is 39.3 Å². The summed E-state index contributed by atoms with van der Waals surface area (Å²) >= 11 is 0. The van der Waals surface area contributed by atoms with Crippen LogP contribution in [0.25, 0.3) is 5.78 Å². The van der Waals surface area contributed by atoms with Gasteiger partial charge in [0.15, 0.2) is 0 Å². The van der Waals surface area contributed by atoms with E-state index in [0.29, 0.717) is 23.0 Å². The van der Waals surface area contributed by atoms with Gasteiger partial charge in [0.2, 0.25) is 5.91 Å². The van der Waals surface area contributed by atoms with Gasteiger partial charge < -0.3 is 20.1 Å². The van der Waals surface area contributed by atoms with Crippen LogP contribution in [0.4, 0.5) is 17.2 Å². The Balaban J connectivity index is 1.54. The molecule has 2 aromatic carbocycles. The zero-order chi connectivity index (χ0) is 21.8. The van der Waals surface area contributed by atoms with E-state index in [0.717, 1.165) is 10.4 Å². The number of ether oxygens (including phenoxy) is 2. The first-order chi connectivity index (χ1) is 15.1. The monoisotopic (exact) mass is 420 g/mol. The molecule has 2 heterocycles. The fraction of sp³-hybridized carbons (Fsp3) is 0.143. The predicted molar refractivity (Wildman–Crippen MR) is 115 cm³/mol. The van der Waals surface area contributed by atoms with Crippen LogP contribution < -0.4 is 25.8 Å². The van der Waals surface area contributed by atoms with Crippen molar-refractivity contribution in [3.63, 3.8) is 0 Å². The SMILES string of the molecule is COc1ccc(OC)c(NC(=O)Cn2nc3nc(Nc4ccccc4)ccn3c2=O)c1. The summed E-state index contributed by atoms with van der Waals surface area (Å²) in [5.41, 5.74) is 0.811. The largest absolute Gasteiger partial charge is 0.497 e. The number of amides is 1. The number of hydrogen-bond acceptors (Lipinski definition) is 7. The molecule has 0 unspecified atom stereocenters. The average molecular weight is 420 g/mol. The van der Waals surface area contributed by atoms with Gasteiger partial charge >= 0.3 is 5.69 Å². The van der Waals surface area contributed by atoms with Crippen LogP contribution in [-0.2, 0) is 11.3 Å². The minimum Gasteiger partial charge on any atom is -0.497 e. The molecular weight excluding hydrogens is 400 g/mol. The van der Waals surface area contributed by atoms with Crippen LogP contribution in [0.1, 0.15) is 0 Å². The highest BCUT2D eigenvalue weighted by Gasteiger charge is 2.14. The standard InChI is InChI=1S/C21H20N6O4/c1-30-15-8-9-17(31-2)16(12-15)23-19(28)13-27-21(29)26-11-10-18(24-20(26)25-27)22-14-6-4-3-5-7-14/h3-12H,13H2,1-2H3,(H,23,28)(H,22,24,25). The molecule has 158 valence electrons. The topological polar surface area (TPSA) is 112 Å². The van der Waals surface area contributed by atoms with Gasteiger partial charge in [0.05, 0.1) is 19.9 Å². The molecule has 2 aromatic heterocycles. The first-order valence-corrected chi connectivity index (χ1v) is 9.37. The van der Waals surface area contributed by atoms with Crippen LogP contribution in [0.5, 0.6) is 11.5 Å². The molecule has 4 rings (SSSR count). The maximum atomic E-state index is 12.6. The Morgan fingerprint density at radius 1 is 1.06 bits per heavy atom. The molecule has 1 amide bonds. The summed E-state index contributed by atoms with van der Waals surface area (Å²) in [7, 11) is 3.02. The molecule has 10 heteroatoms. The molecule has 0 saturated heterocycles. The normalized spacial score (nSPS) is 10.6. The molecule has 2 N–H and O–H groups in total. The number of carbonyl (C=O) groups is 1. The van der Waals surface area contributed by atoms with Gasteiger partial charge in [-0.3, -0.25) is 4.79 Å². The molecule has 31 heavy (non-hydrogen) atoms. The summed E-state index contributed by atoms with van der Waals surface area (Å²) in [4.78, 5) is 29.5. The van der Waals surface area contributed by atoms with Gasteiger partial charge in [0.1, 0.15) is 23.9 Å². The van der Waals surface area contributed by atoms with E-state index in [1.54, 1.807) is 30.5 Å². The van der Waals surface area contributed by atoms with Crippen molar-refractivity contribution in [2.24, 2.45) is 0 Å². The number of carbonyl (C=O) groups excluding carboxylic acids is 1. The van der Waals surface area contributed by atoms with Crippen LogP contribution in [0.15, 0.2) is 65.6 Å². The highest BCUT2D eigenvalue weighted by Crippen LogP contribution is 2.28. The predicted octanol–water partition coefficient (Wildman–Crippen LogP) is 2.29. The quantitative estimate of drug-likeness (QED) is 0.472. The van der Waals surface area contributed by atoms with E-state index >= 15 is 0 Å². The third-order valence-electron chi connectivity index (χ3n) is 4.47. The fourth-order valence-electron chi connectivity index (χ4n) is 2.99. The number of hydrogen-bond donors (Lipinski definition) is 2. The van der Waals surface area contributed by atoms with Gasteiger partial charge in [0.25, 0.3) is 5.78 Å². The van der Waals surface area contributed by atoms with E-state index in [1.165, 1.54) is 18.6 Å². The molecule has 0 aliphatic rings. The number of methoxy groups -OCH3 is 2. The van der Waals surface area contributed by atoms with Gasteiger partial charge in [-0.25, -0.2) is 13.9 Å². The number of nitrogens with zero attached hydrogens (tertiary/aromatic N) is 4. The lowest BCUT2D eigenvalue weighted by molar-refractivity contribution is -0.117. The fourth-order valence-corrected chi connectivity index (χ4v) is 2.99. The van der Waals surface area contributed by atoms with E-state index in [-0.39, 0.29) is 12.3 Å². The van der Waals surface area contributed by atoms with Crippen molar-refractivity contribution < 1.29 is 14.3 Å². The van der Waals surface area contributed by atoms with Crippen molar-refractivity contribution in [2.75, 3.05) is 24.9 Å². The van der Waals surface area contributed by atoms with E-state index < -0.39 is 11.6 Å². The Bertz CT molecular complexity index is 1280. The Morgan fingerprint density at radius 3 is 2.61 bits per heavy atom. The van der Waals surface area contributed by atoms with Gasteiger partial charge in [-0.15, -0.1) is 5.10 Å². The Labute approximate surface area is 177 Å². The maximum Gasteiger partial charge on any atom is 0.352 e. The summed E-state index contributed by atoms with van der Waals surface area (Å²) in [6, 6.07) is 16.2. The molecule has 0 radical (unpaired) electrons. The van der Waals surface area contributed by atoms with Crippen molar-refractivity contribution in [2.45, 2.75) is 6.54 Å². The Hall–Kier alpha value is -4.34. The second-order valence-corrected chi connectivity index (χ2v) is 6.53. The zero-order valence-corrected chi connectivity index (χ0v) is 16.9. The summed E-state index contributed by atoms with van der Waals surface area (Å²) in [6.45, 7) is -0.288. The summed E-state index contributed by atoms with van der Waals surface area (Å²) < 4.78 is 12.8. The second-order valence-electron chi connectivity index (χ2n) is 6.53. The van der Waals surface area contributed by atoms with Crippen molar-refractivity contribution in [3.8, 4) is 11.5 Å². The maximum absolute atomic E-state index is 12.6. The molecule has 0 saturated carbocycles. The molecular formula is C21H20N6O4. The molecule has 0 aliphatic heterocycles. The molecule has 0 atom stereocenters.